The van der Waals surface area contributed by atoms with Crippen LogP contribution in [0.5, 0.6) is 0 Å². The molecule has 0 aliphatic carbocycles. The van der Waals surface area contributed by atoms with Crippen molar-refractivity contribution < 1.29 is 14.5 Å². The molecule has 0 spiro atoms. The molecule has 1 fully saturated rings. The van der Waals surface area contributed by atoms with Gasteiger partial charge in [-0.05, 0) is 24.6 Å². The van der Waals surface area contributed by atoms with Crippen LogP contribution in [-0.4, -0.2) is 32.7 Å². The highest BCUT2D eigenvalue weighted by Crippen LogP contribution is 2.22. The van der Waals surface area contributed by atoms with Crippen LogP contribution in [0.3, 0.4) is 0 Å². The predicted octanol–water partition coefficient (Wildman–Crippen LogP) is 2.31. The van der Waals surface area contributed by atoms with Gasteiger partial charge in [0.25, 0.3) is 11.2 Å². The third-order valence-electron chi connectivity index (χ3n) is 4.89. The molecule has 1 saturated heterocycles. The lowest BCUT2D eigenvalue weighted by Crippen LogP contribution is -2.26. The number of carbonyl (C=O) groups excluding carboxylic acids is 2. The molecular formula is C20H16N4O5. The van der Waals surface area contributed by atoms with E-state index in [2.05, 4.69) is 4.98 Å². The molecule has 9 heteroatoms. The van der Waals surface area contributed by atoms with Gasteiger partial charge in [-0.1, -0.05) is 12.1 Å². The summed E-state index contributed by atoms with van der Waals surface area (Å²) in [4.78, 5) is 53.5. The van der Waals surface area contributed by atoms with Crippen LogP contribution in [0.1, 0.15) is 23.2 Å². The van der Waals surface area contributed by atoms with E-state index in [1.165, 1.54) is 18.5 Å². The van der Waals surface area contributed by atoms with Gasteiger partial charge in [0.05, 0.1) is 28.7 Å². The highest BCUT2D eigenvalue weighted by Gasteiger charge is 2.22. The molecular weight excluding hydrogens is 376 g/mol. The van der Waals surface area contributed by atoms with Crippen molar-refractivity contribution in [3.63, 3.8) is 0 Å². The Morgan fingerprint density at radius 2 is 2.00 bits per heavy atom. The van der Waals surface area contributed by atoms with Crippen LogP contribution in [-0.2, 0) is 11.3 Å². The van der Waals surface area contributed by atoms with Crippen molar-refractivity contribution in [1.29, 1.82) is 0 Å². The Morgan fingerprint density at radius 1 is 1.17 bits per heavy atom. The number of nitro groups is 1. The van der Waals surface area contributed by atoms with E-state index in [-0.39, 0.29) is 29.3 Å². The van der Waals surface area contributed by atoms with Crippen molar-refractivity contribution in [3.8, 4) is 0 Å². The van der Waals surface area contributed by atoms with Crippen molar-refractivity contribution in [1.82, 2.24) is 9.55 Å². The smallest absolute Gasteiger partial charge is 0.270 e. The van der Waals surface area contributed by atoms with E-state index in [0.717, 1.165) is 17.1 Å². The fourth-order valence-corrected chi connectivity index (χ4v) is 3.39. The average Bonchev–Trinajstić information content (AvgIpc) is 3.16. The molecule has 0 saturated carbocycles. The first kappa shape index (κ1) is 18.5. The molecule has 1 aliphatic rings. The molecule has 2 heterocycles. The molecule has 0 radical (unpaired) electrons. The zero-order valence-corrected chi connectivity index (χ0v) is 15.3. The molecule has 0 atom stereocenters. The topological polar surface area (TPSA) is 115 Å². The van der Waals surface area contributed by atoms with Crippen molar-refractivity contribution in [2.75, 3.05) is 11.4 Å². The van der Waals surface area contributed by atoms with E-state index in [1.807, 2.05) is 0 Å². The first-order valence-electron chi connectivity index (χ1n) is 9.01. The van der Waals surface area contributed by atoms with E-state index in [4.69, 9.17) is 0 Å². The van der Waals surface area contributed by atoms with Gasteiger partial charge in [-0.15, -0.1) is 0 Å². The molecule has 4 rings (SSSR count). The minimum absolute atomic E-state index is 0.0196. The van der Waals surface area contributed by atoms with Gasteiger partial charge < -0.3 is 4.90 Å². The SMILES string of the molecule is O=C(Cn1cnc2ccc([N+](=O)[O-])cc2c1=O)c1cccc(N2CCCC2=O)c1. The van der Waals surface area contributed by atoms with E-state index in [1.54, 1.807) is 29.2 Å². The van der Waals surface area contributed by atoms with E-state index >= 15 is 0 Å². The molecule has 0 N–H and O–H groups in total. The molecule has 1 aromatic heterocycles. The summed E-state index contributed by atoms with van der Waals surface area (Å²) in [5, 5.41) is 11.0. The number of anilines is 1. The summed E-state index contributed by atoms with van der Waals surface area (Å²) in [6, 6.07) is 10.5. The third-order valence-corrected chi connectivity index (χ3v) is 4.89. The quantitative estimate of drug-likeness (QED) is 0.374. The third kappa shape index (κ3) is 3.49. The Bertz CT molecular complexity index is 1220. The minimum atomic E-state index is -0.591. The average molecular weight is 392 g/mol. The van der Waals surface area contributed by atoms with Gasteiger partial charge in [0.2, 0.25) is 5.91 Å². The predicted molar refractivity (Wildman–Crippen MR) is 105 cm³/mol. The number of amides is 1. The second-order valence-electron chi connectivity index (χ2n) is 6.76. The highest BCUT2D eigenvalue weighted by molar-refractivity contribution is 6.00. The maximum Gasteiger partial charge on any atom is 0.270 e. The van der Waals surface area contributed by atoms with Crippen molar-refractivity contribution in [2.24, 2.45) is 0 Å². The molecule has 2 aromatic carbocycles. The van der Waals surface area contributed by atoms with Crippen LogP contribution in [0.4, 0.5) is 11.4 Å². The normalized spacial score (nSPS) is 13.8. The van der Waals surface area contributed by atoms with E-state index < -0.39 is 10.5 Å². The van der Waals surface area contributed by atoms with Gasteiger partial charge >= 0.3 is 0 Å². The number of hydrogen-bond acceptors (Lipinski definition) is 6. The van der Waals surface area contributed by atoms with Crippen molar-refractivity contribution in [3.05, 3.63) is 74.8 Å². The first-order chi connectivity index (χ1) is 13.9. The lowest BCUT2D eigenvalue weighted by Gasteiger charge is -2.16. The molecule has 0 bridgehead atoms. The summed E-state index contributed by atoms with van der Waals surface area (Å²) in [6.07, 6.45) is 2.52. The second-order valence-corrected chi connectivity index (χ2v) is 6.76. The number of nitrogens with zero attached hydrogens (tertiary/aromatic N) is 4. The molecule has 1 aliphatic heterocycles. The number of non-ortho nitro benzene ring substituents is 1. The second kappa shape index (κ2) is 7.27. The Hall–Kier alpha value is -3.88. The summed E-state index contributed by atoms with van der Waals surface area (Å²) in [7, 11) is 0. The van der Waals surface area contributed by atoms with Crippen molar-refractivity contribution >= 4 is 34.0 Å². The number of Topliss-reactive ketones (excluding diaryl/α,β-unsaturated/α-hetero) is 1. The van der Waals surface area contributed by atoms with Crippen LogP contribution in [0, 0.1) is 10.1 Å². The molecule has 9 nitrogen and oxygen atoms in total. The summed E-state index contributed by atoms with van der Waals surface area (Å²) in [5.41, 5.74) is 0.589. The van der Waals surface area contributed by atoms with Crippen LogP contribution in [0.15, 0.2) is 53.6 Å². The number of hydrogen-bond donors (Lipinski definition) is 0. The van der Waals surface area contributed by atoms with Gasteiger partial charge in [-0.2, -0.15) is 0 Å². The van der Waals surface area contributed by atoms with Crippen LogP contribution >= 0.6 is 0 Å². The Labute approximate surface area is 164 Å². The minimum Gasteiger partial charge on any atom is -0.312 e. The summed E-state index contributed by atoms with van der Waals surface area (Å²) in [6.45, 7) is 0.352. The lowest BCUT2D eigenvalue weighted by atomic mass is 10.1. The molecule has 0 unspecified atom stereocenters. The lowest BCUT2D eigenvalue weighted by molar-refractivity contribution is -0.384. The largest absolute Gasteiger partial charge is 0.312 e. The fourth-order valence-electron chi connectivity index (χ4n) is 3.39. The zero-order valence-electron chi connectivity index (χ0n) is 15.3. The maximum atomic E-state index is 12.7. The van der Waals surface area contributed by atoms with Crippen molar-refractivity contribution in [2.45, 2.75) is 19.4 Å². The van der Waals surface area contributed by atoms with E-state index in [9.17, 15) is 24.5 Å². The van der Waals surface area contributed by atoms with Crippen LogP contribution in [0.25, 0.3) is 10.9 Å². The number of fused-ring (bicyclic) bond motifs is 1. The van der Waals surface area contributed by atoms with Gasteiger partial charge in [0.1, 0.15) is 0 Å². The summed E-state index contributed by atoms with van der Waals surface area (Å²) >= 11 is 0. The Kier molecular flexibility index (Phi) is 4.63. The number of benzene rings is 2. The monoisotopic (exact) mass is 392 g/mol. The standard InChI is InChI=1S/C20H16N4O5/c25-18(13-3-1-4-14(9-13)23-8-2-5-19(23)26)11-22-12-21-17-7-6-15(24(28)29)10-16(17)20(22)27/h1,3-4,6-7,9-10,12H,2,5,8,11H2. The van der Waals surface area contributed by atoms with E-state index in [0.29, 0.717) is 29.7 Å². The first-order valence-corrected chi connectivity index (χ1v) is 9.01. The summed E-state index contributed by atoms with van der Waals surface area (Å²) < 4.78 is 1.13. The maximum absolute atomic E-state index is 12.7. The molecule has 3 aromatic rings. The molecule has 29 heavy (non-hydrogen) atoms. The van der Waals surface area contributed by atoms with Crippen LogP contribution in [0.2, 0.25) is 0 Å². The highest BCUT2D eigenvalue weighted by atomic mass is 16.6. The number of carbonyl (C=O) groups is 2. The van der Waals surface area contributed by atoms with Gasteiger partial charge in [0.15, 0.2) is 5.78 Å². The number of ketones is 1. The Balaban J connectivity index is 1.64. The fraction of sp³-hybridized carbons (Fsp3) is 0.200. The van der Waals surface area contributed by atoms with Gasteiger partial charge in [-0.3, -0.25) is 29.1 Å². The molecule has 146 valence electrons. The summed E-state index contributed by atoms with van der Waals surface area (Å²) in [5.74, 6) is -0.307. The number of aromatic nitrogens is 2. The number of rotatable bonds is 5. The van der Waals surface area contributed by atoms with Gasteiger partial charge in [0, 0.05) is 36.3 Å². The van der Waals surface area contributed by atoms with Gasteiger partial charge in [-0.25, -0.2) is 4.98 Å². The Morgan fingerprint density at radius 3 is 2.72 bits per heavy atom. The van der Waals surface area contributed by atoms with Crippen LogP contribution < -0.4 is 10.5 Å². The zero-order chi connectivity index (χ0) is 20.5. The molecule has 1 amide bonds. The number of nitro benzene ring substituents is 1.